The van der Waals surface area contributed by atoms with Crippen molar-refractivity contribution in [3.8, 4) is 17.3 Å². The van der Waals surface area contributed by atoms with Crippen molar-refractivity contribution >= 4 is 49.7 Å². The second-order valence-electron chi connectivity index (χ2n) is 10.0. The van der Waals surface area contributed by atoms with E-state index in [2.05, 4.69) is 40.1 Å². The second-order valence-corrected chi connectivity index (χ2v) is 10.9. The molecule has 204 valence electrons. The van der Waals surface area contributed by atoms with Gasteiger partial charge in [0.15, 0.2) is 5.76 Å². The van der Waals surface area contributed by atoms with Gasteiger partial charge in [-0.15, -0.1) is 0 Å². The third-order valence-electron chi connectivity index (χ3n) is 6.76. The maximum absolute atomic E-state index is 13.7. The molecule has 0 saturated heterocycles. The van der Waals surface area contributed by atoms with Crippen molar-refractivity contribution < 1.29 is 9.15 Å². The van der Waals surface area contributed by atoms with E-state index in [1.54, 1.807) is 12.3 Å². The van der Waals surface area contributed by atoms with E-state index in [4.69, 9.17) is 14.1 Å². The van der Waals surface area contributed by atoms with Crippen LogP contribution in [0.15, 0.2) is 110 Å². The molecular weight excluding hydrogens is 580 g/mol. The Bertz CT molecular complexity index is 1990. The van der Waals surface area contributed by atoms with Crippen LogP contribution in [0.5, 0.6) is 5.75 Å². The summed E-state index contributed by atoms with van der Waals surface area (Å²) in [7, 11) is 3.96. The minimum atomic E-state index is -0.296. The largest absolute Gasteiger partial charge is 0.488 e. The van der Waals surface area contributed by atoms with Crippen molar-refractivity contribution in [1.29, 1.82) is 0 Å². The summed E-state index contributed by atoms with van der Waals surface area (Å²) < 4.78 is 14.6. The summed E-state index contributed by atoms with van der Waals surface area (Å²) in [5.74, 6) is 1.40. The molecule has 0 aliphatic carbocycles. The molecule has 0 aliphatic rings. The Morgan fingerprint density at radius 2 is 1.85 bits per heavy atom. The monoisotopic (exact) mass is 606 g/mol. The van der Waals surface area contributed by atoms with E-state index >= 15 is 0 Å². The lowest BCUT2D eigenvalue weighted by molar-refractivity contribution is 0.306. The Morgan fingerprint density at radius 3 is 2.68 bits per heavy atom. The highest BCUT2D eigenvalue weighted by molar-refractivity contribution is 9.10. The number of hydrogen-bond donors (Lipinski definition) is 0. The van der Waals surface area contributed by atoms with Gasteiger partial charge < -0.3 is 14.1 Å². The molecule has 0 spiro atoms. The molecule has 0 aliphatic heterocycles. The van der Waals surface area contributed by atoms with E-state index in [0.717, 1.165) is 26.7 Å². The van der Waals surface area contributed by atoms with Gasteiger partial charge in [-0.05, 0) is 61.0 Å². The van der Waals surface area contributed by atoms with Gasteiger partial charge in [0.1, 0.15) is 17.9 Å². The molecule has 0 bridgehead atoms. The zero-order valence-electron chi connectivity index (χ0n) is 22.8. The van der Waals surface area contributed by atoms with Crippen molar-refractivity contribution in [1.82, 2.24) is 9.66 Å². The molecule has 0 saturated carbocycles. The van der Waals surface area contributed by atoms with Gasteiger partial charge in [-0.25, -0.2) is 4.98 Å². The number of para-hydroxylation sites is 1. The summed E-state index contributed by atoms with van der Waals surface area (Å²) in [6, 6.07) is 28.9. The van der Waals surface area contributed by atoms with Gasteiger partial charge in [0.25, 0.3) is 5.56 Å². The predicted molar refractivity (Wildman–Crippen MR) is 168 cm³/mol. The minimum absolute atomic E-state index is 0.296. The van der Waals surface area contributed by atoms with Gasteiger partial charge in [0.2, 0.25) is 5.82 Å². The number of nitrogens with zero attached hydrogens (tertiary/aromatic N) is 4. The van der Waals surface area contributed by atoms with Gasteiger partial charge in [-0.3, -0.25) is 4.79 Å². The molecule has 0 amide bonds. The maximum Gasteiger partial charge on any atom is 0.282 e. The van der Waals surface area contributed by atoms with Crippen LogP contribution in [0, 0.1) is 6.92 Å². The van der Waals surface area contributed by atoms with Crippen LogP contribution < -0.4 is 15.2 Å². The molecule has 2 aromatic heterocycles. The Labute approximate surface area is 245 Å². The quantitative estimate of drug-likeness (QED) is 0.177. The Morgan fingerprint density at radius 1 is 1.00 bits per heavy atom. The number of rotatable bonds is 7. The Hall–Kier alpha value is -4.69. The van der Waals surface area contributed by atoms with Crippen molar-refractivity contribution in [2.24, 2.45) is 5.10 Å². The molecule has 0 atom stereocenters. The number of halogens is 1. The molecule has 2 heterocycles. The number of benzene rings is 4. The first-order chi connectivity index (χ1) is 19.9. The van der Waals surface area contributed by atoms with Crippen LogP contribution in [0.4, 0.5) is 5.69 Å². The van der Waals surface area contributed by atoms with E-state index in [0.29, 0.717) is 40.4 Å². The van der Waals surface area contributed by atoms with E-state index < -0.39 is 0 Å². The standard InChI is InChI=1S/C33H27BrN4O3/c1-21-7-6-8-22(15-21)20-40-30-18-26(37(2)3)13-11-23(30)19-35-38-32(36-28-10-5-4-9-27(28)33(38)39)31-17-24-16-25(34)12-14-29(24)41-31/h4-19H,20H2,1-3H3. The third kappa shape index (κ3) is 5.51. The van der Waals surface area contributed by atoms with Crippen molar-refractivity contribution in [3.63, 3.8) is 0 Å². The molecule has 0 N–H and O–H groups in total. The van der Waals surface area contributed by atoms with Crippen LogP contribution in [0.25, 0.3) is 33.5 Å². The lowest BCUT2D eigenvalue weighted by Gasteiger charge is -2.16. The van der Waals surface area contributed by atoms with Gasteiger partial charge in [0.05, 0.1) is 17.1 Å². The molecule has 0 fully saturated rings. The molecule has 0 unspecified atom stereocenters. The molecule has 7 nitrogen and oxygen atoms in total. The van der Waals surface area contributed by atoms with Crippen LogP contribution in [-0.4, -0.2) is 30.0 Å². The molecule has 0 radical (unpaired) electrons. The fourth-order valence-electron chi connectivity index (χ4n) is 4.63. The summed E-state index contributed by atoms with van der Waals surface area (Å²) in [5, 5.41) is 6.00. The van der Waals surface area contributed by atoms with Gasteiger partial charge >= 0.3 is 0 Å². The highest BCUT2D eigenvalue weighted by atomic mass is 79.9. The Kier molecular flexibility index (Phi) is 7.15. The first kappa shape index (κ1) is 26.5. The topological polar surface area (TPSA) is 72.9 Å². The molecule has 8 heteroatoms. The summed E-state index contributed by atoms with van der Waals surface area (Å²) >= 11 is 3.51. The van der Waals surface area contributed by atoms with E-state index in [1.165, 1.54) is 10.2 Å². The van der Waals surface area contributed by atoms with Gasteiger partial charge in [-0.2, -0.15) is 9.78 Å². The highest BCUT2D eigenvalue weighted by Crippen LogP contribution is 2.30. The van der Waals surface area contributed by atoms with Crippen molar-refractivity contribution in [2.45, 2.75) is 13.5 Å². The first-order valence-corrected chi connectivity index (χ1v) is 13.9. The maximum atomic E-state index is 13.7. The molecule has 4 aromatic carbocycles. The predicted octanol–water partition coefficient (Wildman–Crippen LogP) is 7.41. The Balaban J connectivity index is 1.45. The van der Waals surface area contributed by atoms with Crippen LogP contribution in [0.2, 0.25) is 0 Å². The first-order valence-electron chi connectivity index (χ1n) is 13.1. The minimum Gasteiger partial charge on any atom is -0.488 e. The zero-order chi connectivity index (χ0) is 28.5. The fraction of sp³-hybridized carbons (Fsp3) is 0.121. The lowest BCUT2D eigenvalue weighted by atomic mass is 10.1. The number of ether oxygens (including phenoxy) is 1. The highest BCUT2D eigenvalue weighted by Gasteiger charge is 2.17. The van der Waals surface area contributed by atoms with Crippen LogP contribution >= 0.6 is 15.9 Å². The average molecular weight is 608 g/mol. The van der Waals surface area contributed by atoms with Crippen molar-refractivity contribution in [3.05, 3.63) is 123 Å². The smallest absolute Gasteiger partial charge is 0.282 e. The van der Waals surface area contributed by atoms with Crippen molar-refractivity contribution in [2.75, 3.05) is 19.0 Å². The SMILES string of the molecule is Cc1cccc(COc2cc(N(C)C)ccc2C=Nn2c(-c3cc4cc(Br)ccc4o3)nc3ccccc3c2=O)c1. The molecular formula is C33H27BrN4O3. The van der Waals surface area contributed by atoms with Gasteiger partial charge in [0, 0.05) is 41.3 Å². The lowest BCUT2D eigenvalue weighted by Crippen LogP contribution is -2.20. The summed E-state index contributed by atoms with van der Waals surface area (Å²) in [5.41, 5.74) is 4.91. The summed E-state index contributed by atoms with van der Waals surface area (Å²) in [4.78, 5) is 20.5. The van der Waals surface area contributed by atoms with E-state index in [-0.39, 0.29) is 5.56 Å². The van der Waals surface area contributed by atoms with Gasteiger partial charge in [-0.1, -0.05) is 57.9 Å². The summed E-state index contributed by atoms with van der Waals surface area (Å²) in [6.45, 7) is 2.46. The number of aromatic nitrogens is 2. The van der Waals surface area contributed by atoms with E-state index in [9.17, 15) is 4.79 Å². The van der Waals surface area contributed by atoms with Crippen LogP contribution in [0.1, 0.15) is 16.7 Å². The number of anilines is 1. The molecule has 6 aromatic rings. The average Bonchev–Trinajstić information content (AvgIpc) is 3.39. The zero-order valence-corrected chi connectivity index (χ0v) is 24.4. The summed E-state index contributed by atoms with van der Waals surface area (Å²) in [6.07, 6.45) is 1.63. The van der Waals surface area contributed by atoms with E-state index in [1.807, 2.05) is 91.8 Å². The fourth-order valence-corrected chi connectivity index (χ4v) is 5.01. The number of furan rings is 1. The number of aryl methyl sites for hydroxylation is 1. The van der Waals surface area contributed by atoms with Crippen LogP contribution in [-0.2, 0) is 6.61 Å². The normalized spacial score (nSPS) is 11.5. The number of fused-ring (bicyclic) bond motifs is 2. The van der Waals surface area contributed by atoms with Crippen LogP contribution in [0.3, 0.4) is 0 Å². The molecule has 6 rings (SSSR count). The number of hydrogen-bond acceptors (Lipinski definition) is 6. The third-order valence-corrected chi connectivity index (χ3v) is 7.25. The second kappa shape index (κ2) is 11.1. The molecule has 41 heavy (non-hydrogen) atoms.